The standard InChI is InChI=1S/C13H15.C5H6NO2.Rh/c1-11-7-9-13(10-8-11)12-5-3-2-4-6-12;7-4-2-1-3-5(8)6-4;/h3-6,13H,1,7-10H2;2H,1,3H2,(H,6,7,8);/q2*-1;+2. The van der Waals surface area contributed by atoms with E-state index in [-0.39, 0.29) is 31.3 Å². The fourth-order valence-corrected chi connectivity index (χ4v) is 2.62. The van der Waals surface area contributed by atoms with Crippen LogP contribution in [-0.2, 0) is 29.1 Å². The van der Waals surface area contributed by atoms with Crippen molar-refractivity contribution in [1.82, 2.24) is 5.32 Å². The van der Waals surface area contributed by atoms with Crippen molar-refractivity contribution in [3.05, 3.63) is 54.5 Å². The van der Waals surface area contributed by atoms with Crippen LogP contribution in [0.15, 0.2) is 36.4 Å². The van der Waals surface area contributed by atoms with Gasteiger partial charge in [0.25, 0.3) is 0 Å². The molecule has 1 N–H and O–H groups in total. The molecule has 3 rings (SSSR count). The van der Waals surface area contributed by atoms with Crippen LogP contribution in [-0.4, -0.2) is 11.8 Å². The van der Waals surface area contributed by atoms with Crippen molar-refractivity contribution in [3.8, 4) is 0 Å². The molecule has 0 spiro atoms. The predicted octanol–water partition coefficient (Wildman–Crippen LogP) is 3.33. The van der Waals surface area contributed by atoms with E-state index in [9.17, 15) is 9.59 Å². The molecule has 0 unspecified atom stereocenters. The first-order valence-electron chi connectivity index (χ1n) is 7.45. The largest absolute Gasteiger partial charge is 2.00 e. The maximum atomic E-state index is 10.3. The first-order valence-corrected chi connectivity index (χ1v) is 7.45. The minimum atomic E-state index is -0.263. The molecule has 22 heavy (non-hydrogen) atoms. The van der Waals surface area contributed by atoms with E-state index in [0.29, 0.717) is 12.8 Å². The number of amides is 2. The molecule has 3 nitrogen and oxygen atoms in total. The molecule has 1 aromatic rings. The van der Waals surface area contributed by atoms with Gasteiger partial charge in [-0.2, -0.15) is 42.3 Å². The Morgan fingerprint density at radius 2 is 1.77 bits per heavy atom. The summed E-state index contributed by atoms with van der Waals surface area (Å²) in [5.74, 6) is 0.332. The summed E-state index contributed by atoms with van der Waals surface area (Å²) >= 11 is 0. The van der Waals surface area contributed by atoms with Gasteiger partial charge < -0.3 is 16.5 Å². The van der Waals surface area contributed by atoms with Gasteiger partial charge in [0.2, 0.25) is 5.91 Å². The molecule has 2 fully saturated rings. The molecule has 1 saturated carbocycles. The smallest absolute Gasteiger partial charge is 0.322 e. The van der Waals surface area contributed by atoms with E-state index in [0.717, 1.165) is 5.92 Å². The fourth-order valence-electron chi connectivity index (χ4n) is 2.62. The van der Waals surface area contributed by atoms with Crippen LogP contribution in [0.3, 0.4) is 0 Å². The number of hydrogen-bond donors (Lipinski definition) is 1. The predicted molar refractivity (Wildman–Crippen MR) is 82.3 cm³/mol. The van der Waals surface area contributed by atoms with E-state index in [1.807, 2.05) is 12.1 Å². The van der Waals surface area contributed by atoms with Crippen molar-refractivity contribution in [2.75, 3.05) is 0 Å². The average molecular weight is 386 g/mol. The Kier molecular flexibility index (Phi) is 8.12. The van der Waals surface area contributed by atoms with Crippen LogP contribution in [0.1, 0.15) is 50.0 Å². The van der Waals surface area contributed by atoms with Crippen LogP contribution in [0.25, 0.3) is 0 Å². The molecular formula is C18H21NO2Rh. The van der Waals surface area contributed by atoms with Crippen LogP contribution in [0.2, 0.25) is 0 Å². The van der Waals surface area contributed by atoms with Crippen molar-refractivity contribution in [3.63, 3.8) is 0 Å². The van der Waals surface area contributed by atoms with Gasteiger partial charge in [-0.25, -0.2) is 0 Å². The van der Waals surface area contributed by atoms with Gasteiger partial charge in [0.15, 0.2) is 0 Å². The van der Waals surface area contributed by atoms with Crippen molar-refractivity contribution in [2.45, 2.75) is 44.4 Å². The second-order valence-corrected chi connectivity index (χ2v) is 5.51. The van der Waals surface area contributed by atoms with Crippen molar-refractivity contribution < 1.29 is 29.1 Å². The Balaban J connectivity index is 0.000000234. The zero-order valence-corrected chi connectivity index (χ0v) is 14.2. The van der Waals surface area contributed by atoms with Gasteiger partial charge in [-0.1, -0.05) is 12.2 Å². The Morgan fingerprint density at radius 1 is 1.14 bits per heavy atom. The molecule has 1 radical (unpaired) electrons. The van der Waals surface area contributed by atoms with Crippen molar-refractivity contribution in [2.24, 2.45) is 0 Å². The summed E-state index contributed by atoms with van der Waals surface area (Å²) in [6.07, 6.45) is 7.50. The number of nitrogens with one attached hydrogen (secondary N) is 1. The number of carbonyl (C=O) groups is 2. The summed E-state index contributed by atoms with van der Waals surface area (Å²) in [7, 11) is 0. The monoisotopic (exact) mass is 386 g/mol. The Hall–Kier alpha value is -1.41. The third kappa shape index (κ3) is 6.15. The Bertz CT molecular complexity index is 489. The minimum absolute atomic E-state index is 0. The number of imide groups is 1. The van der Waals surface area contributed by atoms with Gasteiger partial charge in [0, 0.05) is 6.42 Å². The van der Waals surface area contributed by atoms with Crippen LogP contribution in [0.4, 0.5) is 0 Å². The van der Waals surface area contributed by atoms with Crippen molar-refractivity contribution in [1.29, 1.82) is 0 Å². The van der Waals surface area contributed by atoms with E-state index in [1.165, 1.54) is 43.2 Å². The molecule has 1 aromatic carbocycles. The van der Waals surface area contributed by atoms with Gasteiger partial charge in [-0.15, -0.1) is 0 Å². The van der Waals surface area contributed by atoms with Gasteiger partial charge in [-0.3, -0.25) is 4.79 Å². The number of rotatable bonds is 1. The van der Waals surface area contributed by atoms with Crippen LogP contribution < -0.4 is 5.32 Å². The quantitative estimate of drug-likeness (QED) is 0.348. The third-order valence-corrected chi connectivity index (χ3v) is 3.87. The molecule has 2 amide bonds. The number of allylic oxidation sites excluding steroid dienone is 1. The molecule has 2 aliphatic rings. The molecule has 4 heteroatoms. The van der Waals surface area contributed by atoms with Crippen LogP contribution >= 0.6 is 0 Å². The maximum Gasteiger partial charge on any atom is 2.00 e. The summed E-state index contributed by atoms with van der Waals surface area (Å²) in [6.45, 7) is 4.04. The van der Waals surface area contributed by atoms with Gasteiger partial charge in [0.1, 0.15) is 0 Å². The molecular weight excluding hydrogens is 365 g/mol. The summed E-state index contributed by atoms with van der Waals surface area (Å²) < 4.78 is 0. The van der Waals surface area contributed by atoms with E-state index < -0.39 is 0 Å². The zero-order chi connectivity index (χ0) is 15.1. The first-order chi connectivity index (χ1) is 10.1. The van der Waals surface area contributed by atoms with E-state index in [2.05, 4.69) is 30.1 Å². The number of hydrogen-bond acceptors (Lipinski definition) is 2. The van der Waals surface area contributed by atoms with Gasteiger partial charge in [-0.05, 0) is 31.6 Å². The minimum Gasteiger partial charge on any atom is -0.322 e. The first kappa shape index (κ1) is 18.6. The SMILES string of the molecule is C=C1CCC(c2cc[c-]cc2)CC1.O=C1[CH-]CCC(=O)N1.[Rh+2]. The molecule has 1 aliphatic heterocycles. The van der Waals surface area contributed by atoms with E-state index >= 15 is 0 Å². The van der Waals surface area contributed by atoms with Crippen LogP contribution in [0, 0.1) is 12.5 Å². The third-order valence-electron chi connectivity index (χ3n) is 3.87. The molecule has 0 atom stereocenters. The second kappa shape index (κ2) is 9.58. The molecule has 119 valence electrons. The van der Waals surface area contributed by atoms with Crippen molar-refractivity contribution >= 4 is 11.8 Å². The number of carbonyl (C=O) groups excluding carboxylic acids is 2. The summed E-state index contributed by atoms with van der Waals surface area (Å²) in [6, 6.07) is 11.5. The molecule has 1 heterocycles. The topological polar surface area (TPSA) is 46.2 Å². The Labute approximate surface area is 145 Å². The molecule has 0 bridgehead atoms. The average Bonchev–Trinajstić information content (AvgIpc) is 2.49. The van der Waals surface area contributed by atoms with Crippen LogP contribution in [0.5, 0.6) is 0 Å². The fraction of sp³-hybridized carbons (Fsp3) is 0.389. The summed E-state index contributed by atoms with van der Waals surface area (Å²) in [5.41, 5.74) is 2.91. The summed E-state index contributed by atoms with van der Waals surface area (Å²) in [4.78, 5) is 20.6. The van der Waals surface area contributed by atoms with Gasteiger partial charge in [0.05, 0.1) is 5.91 Å². The Morgan fingerprint density at radius 3 is 2.27 bits per heavy atom. The molecule has 1 aliphatic carbocycles. The second-order valence-electron chi connectivity index (χ2n) is 5.51. The van der Waals surface area contributed by atoms with Gasteiger partial charge >= 0.3 is 19.5 Å². The molecule has 1 saturated heterocycles. The summed E-state index contributed by atoms with van der Waals surface area (Å²) in [5, 5.41) is 2.15. The van der Waals surface area contributed by atoms with E-state index in [4.69, 9.17) is 0 Å². The maximum absolute atomic E-state index is 10.3. The normalized spacial score (nSPS) is 18.3. The molecule has 0 aromatic heterocycles. The number of benzene rings is 1. The number of piperidine rings is 1. The van der Waals surface area contributed by atoms with E-state index in [1.54, 1.807) is 0 Å². The zero-order valence-electron chi connectivity index (χ0n) is 12.6.